The number of hydrogen-bond donors (Lipinski definition) is 1. The number of aromatic nitrogens is 4. The van der Waals surface area contributed by atoms with Crippen molar-refractivity contribution in [2.75, 3.05) is 11.1 Å². The third-order valence-electron chi connectivity index (χ3n) is 4.19. The number of hydrogen-bond acceptors (Lipinski definition) is 5. The summed E-state index contributed by atoms with van der Waals surface area (Å²) in [5, 5.41) is 10.5. The van der Waals surface area contributed by atoms with Crippen molar-refractivity contribution in [2.45, 2.75) is 37.6 Å². The maximum absolute atomic E-state index is 13.1. The molecule has 158 valence electrons. The van der Waals surface area contributed by atoms with Crippen molar-refractivity contribution in [1.29, 1.82) is 0 Å². The van der Waals surface area contributed by atoms with Gasteiger partial charge in [-0.3, -0.25) is 14.3 Å². The van der Waals surface area contributed by atoms with Crippen LogP contribution < -0.4 is 5.32 Å². The van der Waals surface area contributed by atoms with Gasteiger partial charge in [-0.05, 0) is 35.7 Å². The van der Waals surface area contributed by atoms with Crippen molar-refractivity contribution in [3.8, 4) is 11.4 Å². The van der Waals surface area contributed by atoms with Crippen LogP contribution in [0.4, 0.5) is 18.9 Å². The molecule has 0 bridgehead atoms. The average Bonchev–Trinajstić information content (AvgIpc) is 3.08. The lowest BCUT2D eigenvalue weighted by atomic mass is 10.0. The number of halogens is 3. The van der Waals surface area contributed by atoms with Gasteiger partial charge in [-0.1, -0.05) is 37.7 Å². The van der Waals surface area contributed by atoms with Crippen LogP contribution in [-0.4, -0.2) is 37.6 Å². The van der Waals surface area contributed by atoms with Crippen molar-refractivity contribution in [3.63, 3.8) is 0 Å². The second kappa shape index (κ2) is 9.29. The van der Waals surface area contributed by atoms with Crippen LogP contribution in [0.2, 0.25) is 0 Å². The van der Waals surface area contributed by atoms with Crippen LogP contribution in [0, 0.1) is 0 Å². The Balaban J connectivity index is 1.71. The largest absolute Gasteiger partial charge is 0.406 e. The zero-order chi connectivity index (χ0) is 21.7. The topological polar surface area (TPSA) is 72.7 Å². The number of carbonyl (C=O) groups excluding carboxylic acids is 1. The van der Waals surface area contributed by atoms with Crippen LogP contribution in [0.5, 0.6) is 0 Å². The summed E-state index contributed by atoms with van der Waals surface area (Å²) in [4.78, 5) is 16.1. The van der Waals surface area contributed by atoms with Crippen LogP contribution in [0.3, 0.4) is 0 Å². The lowest BCUT2D eigenvalue weighted by molar-refractivity contribution is -0.141. The molecule has 2 aromatic heterocycles. The quantitative estimate of drug-likeness (QED) is 0.542. The second-order valence-electron chi connectivity index (χ2n) is 6.86. The van der Waals surface area contributed by atoms with Gasteiger partial charge in [-0.15, -0.1) is 10.2 Å². The summed E-state index contributed by atoms with van der Waals surface area (Å²) in [5.41, 5.74) is 2.23. The van der Waals surface area contributed by atoms with E-state index in [1.807, 2.05) is 12.1 Å². The van der Waals surface area contributed by atoms with Gasteiger partial charge < -0.3 is 5.32 Å². The van der Waals surface area contributed by atoms with E-state index in [1.54, 1.807) is 24.3 Å². The number of benzene rings is 1. The molecular weight excluding hydrogens is 415 g/mol. The predicted octanol–water partition coefficient (Wildman–Crippen LogP) is 4.76. The fourth-order valence-corrected chi connectivity index (χ4v) is 3.45. The Morgan fingerprint density at radius 1 is 1.10 bits per heavy atom. The van der Waals surface area contributed by atoms with E-state index in [4.69, 9.17) is 0 Å². The highest BCUT2D eigenvalue weighted by Crippen LogP contribution is 2.28. The molecule has 0 aliphatic rings. The lowest BCUT2D eigenvalue weighted by Gasteiger charge is -2.12. The monoisotopic (exact) mass is 435 g/mol. The molecular formula is C20H20F3N5OS. The van der Waals surface area contributed by atoms with Crippen molar-refractivity contribution in [1.82, 2.24) is 19.7 Å². The Morgan fingerprint density at radius 3 is 2.37 bits per heavy atom. The minimum absolute atomic E-state index is 0.0180. The molecule has 1 N–H and O–H groups in total. The maximum atomic E-state index is 13.1. The van der Waals surface area contributed by atoms with Gasteiger partial charge >= 0.3 is 6.18 Å². The summed E-state index contributed by atoms with van der Waals surface area (Å²) in [6.07, 6.45) is -1.53. The van der Waals surface area contributed by atoms with Crippen molar-refractivity contribution >= 4 is 23.4 Å². The highest BCUT2D eigenvalue weighted by atomic mass is 32.2. The molecule has 1 amide bonds. The number of carbonyl (C=O) groups is 1. The normalized spacial score (nSPS) is 11.7. The number of anilines is 1. The third kappa shape index (κ3) is 5.82. The van der Waals surface area contributed by atoms with Gasteiger partial charge in [0, 0.05) is 23.6 Å². The average molecular weight is 435 g/mol. The molecule has 30 heavy (non-hydrogen) atoms. The van der Waals surface area contributed by atoms with Gasteiger partial charge in [0.05, 0.1) is 5.75 Å². The van der Waals surface area contributed by atoms with Gasteiger partial charge in [-0.2, -0.15) is 13.2 Å². The zero-order valence-electron chi connectivity index (χ0n) is 16.3. The number of thioether (sulfide) groups is 1. The summed E-state index contributed by atoms with van der Waals surface area (Å²) in [5.74, 6) is 0.00395. The van der Waals surface area contributed by atoms with Gasteiger partial charge in [0.1, 0.15) is 6.54 Å². The molecule has 10 heteroatoms. The Hall–Kier alpha value is -2.88. The summed E-state index contributed by atoms with van der Waals surface area (Å²) >= 11 is 0.900. The molecule has 2 heterocycles. The first-order chi connectivity index (χ1) is 14.2. The summed E-state index contributed by atoms with van der Waals surface area (Å²) < 4.78 is 40.2. The van der Waals surface area contributed by atoms with E-state index in [9.17, 15) is 18.0 Å². The van der Waals surface area contributed by atoms with Crippen LogP contribution in [0.25, 0.3) is 11.4 Å². The molecule has 0 aliphatic carbocycles. The molecule has 1 aromatic carbocycles. The number of nitrogens with one attached hydrogen (secondary N) is 1. The van der Waals surface area contributed by atoms with E-state index in [2.05, 4.69) is 34.3 Å². The van der Waals surface area contributed by atoms with E-state index in [0.29, 0.717) is 17.2 Å². The third-order valence-corrected chi connectivity index (χ3v) is 5.15. The van der Waals surface area contributed by atoms with E-state index in [0.717, 1.165) is 21.9 Å². The summed E-state index contributed by atoms with van der Waals surface area (Å²) in [7, 11) is 0. The minimum Gasteiger partial charge on any atom is -0.325 e. The molecule has 0 unspecified atom stereocenters. The lowest BCUT2D eigenvalue weighted by Crippen LogP contribution is -2.20. The highest BCUT2D eigenvalue weighted by Gasteiger charge is 2.31. The van der Waals surface area contributed by atoms with E-state index >= 15 is 0 Å². The first-order valence-corrected chi connectivity index (χ1v) is 10.1. The fraction of sp³-hybridized carbons (Fsp3) is 0.300. The zero-order valence-corrected chi connectivity index (χ0v) is 17.2. The molecule has 0 saturated heterocycles. The van der Waals surface area contributed by atoms with Crippen molar-refractivity contribution < 1.29 is 18.0 Å². The number of pyridine rings is 1. The highest BCUT2D eigenvalue weighted by molar-refractivity contribution is 7.99. The molecule has 3 aromatic rings. The van der Waals surface area contributed by atoms with E-state index < -0.39 is 12.7 Å². The first kappa shape index (κ1) is 21.8. The number of nitrogens with zero attached hydrogens (tertiary/aromatic N) is 4. The number of amides is 1. The maximum Gasteiger partial charge on any atom is 0.406 e. The predicted molar refractivity (Wildman–Crippen MR) is 109 cm³/mol. The van der Waals surface area contributed by atoms with E-state index in [-0.39, 0.29) is 22.6 Å². The fourth-order valence-electron chi connectivity index (χ4n) is 2.71. The molecule has 6 nitrogen and oxygen atoms in total. The number of rotatable bonds is 7. The molecule has 0 spiro atoms. The van der Waals surface area contributed by atoms with Gasteiger partial charge in [0.15, 0.2) is 11.0 Å². The van der Waals surface area contributed by atoms with Crippen molar-refractivity contribution in [3.05, 3.63) is 54.4 Å². The Morgan fingerprint density at radius 2 is 1.77 bits per heavy atom. The molecule has 0 atom stereocenters. The van der Waals surface area contributed by atoms with Gasteiger partial charge in [0.2, 0.25) is 5.91 Å². The Kier molecular flexibility index (Phi) is 6.76. The summed E-state index contributed by atoms with van der Waals surface area (Å²) in [6.45, 7) is 2.89. The molecule has 0 saturated carbocycles. The minimum atomic E-state index is -4.46. The van der Waals surface area contributed by atoms with Crippen LogP contribution in [-0.2, 0) is 11.3 Å². The smallest absolute Gasteiger partial charge is 0.325 e. The van der Waals surface area contributed by atoms with Crippen LogP contribution >= 0.6 is 11.8 Å². The number of alkyl halides is 3. The Labute approximate surface area is 175 Å². The summed E-state index contributed by atoms with van der Waals surface area (Å²) in [6, 6.07) is 10.6. The standard InChI is InChI=1S/C20H20F3N5OS/c1-13(2)14-3-5-16(6-4-14)25-17(29)11-30-19-27-26-18(15-7-9-24-10-8-15)28(19)12-20(21,22)23/h3-10,13H,11-12H2,1-2H3,(H,25,29). The molecule has 0 aliphatic heterocycles. The van der Waals surface area contributed by atoms with E-state index in [1.165, 1.54) is 12.4 Å². The first-order valence-electron chi connectivity index (χ1n) is 9.16. The second-order valence-corrected chi connectivity index (χ2v) is 7.80. The molecule has 0 radical (unpaired) electrons. The van der Waals surface area contributed by atoms with Crippen molar-refractivity contribution in [2.24, 2.45) is 0 Å². The van der Waals surface area contributed by atoms with Gasteiger partial charge in [0.25, 0.3) is 0 Å². The molecule has 3 rings (SSSR count). The van der Waals surface area contributed by atoms with Gasteiger partial charge in [-0.25, -0.2) is 0 Å². The van der Waals surface area contributed by atoms with Crippen LogP contribution in [0.15, 0.2) is 53.9 Å². The van der Waals surface area contributed by atoms with Crippen LogP contribution in [0.1, 0.15) is 25.3 Å². The SMILES string of the molecule is CC(C)c1ccc(NC(=O)CSc2nnc(-c3ccncc3)n2CC(F)(F)F)cc1. The molecule has 0 fully saturated rings. The Bertz CT molecular complexity index is 988.